The second-order valence-corrected chi connectivity index (χ2v) is 5.45. The molecule has 0 N–H and O–H groups in total. The quantitative estimate of drug-likeness (QED) is 0.864. The van der Waals surface area contributed by atoms with Crippen molar-refractivity contribution in [2.24, 2.45) is 0 Å². The minimum atomic E-state index is -0.544. The number of ketones is 1. The van der Waals surface area contributed by atoms with Crippen LogP contribution in [0.4, 0.5) is 0 Å². The summed E-state index contributed by atoms with van der Waals surface area (Å²) in [6, 6.07) is 15.1. The number of carbonyl (C=O) groups is 1. The van der Waals surface area contributed by atoms with Crippen molar-refractivity contribution >= 4 is 21.7 Å². The van der Waals surface area contributed by atoms with Crippen LogP contribution in [0.1, 0.15) is 5.56 Å². The van der Waals surface area contributed by atoms with Crippen molar-refractivity contribution in [2.45, 2.75) is 12.5 Å². The third-order valence-corrected chi connectivity index (χ3v) is 3.96. The first kappa shape index (κ1) is 13.2. The van der Waals surface area contributed by atoms with Crippen LogP contribution in [0.15, 0.2) is 53.0 Å². The molecule has 0 saturated carbocycles. The van der Waals surface area contributed by atoms with E-state index in [9.17, 15) is 4.79 Å². The van der Waals surface area contributed by atoms with Crippen molar-refractivity contribution in [1.29, 1.82) is 0 Å². The molecular weight excluding hydrogens is 320 g/mol. The molecule has 20 heavy (non-hydrogen) atoms. The van der Waals surface area contributed by atoms with Crippen molar-refractivity contribution in [3.8, 4) is 11.5 Å². The van der Waals surface area contributed by atoms with E-state index in [1.165, 1.54) is 0 Å². The zero-order valence-corrected chi connectivity index (χ0v) is 12.3. The van der Waals surface area contributed by atoms with Crippen molar-refractivity contribution < 1.29 is 14.3 Å². The number of halogens is 1. The highest BCUT2D eigenvalue weighted by molar-refractivity contribution is 9.10. The van der Waals surface area contributed by atoms with Crippen LogP contribution in [-0.4, -0.2) is 18.5 Å². The lowest BCUT2D eigenvalue weighted by atomic mass is 10.1. The Hall–Kier alpha value is -1.81. The minimum Gasteiger partial charge on any atom is -0.485 e. The summed E-state index contributed by atoms with van der Waals surface area (Å²) in [5.41, 5.74) is 0.958. The highest BCUT2D eigenvalue weighted by Crippen LogP contribution is 2.31. The average molecular weight is 333 g/mol. The third kappa shape index (κ3) is 2.70. The van der Waals surface area contributed by atoms with E-state index >= 15 is 0 Å². The number of carbonyl (C=O) groups excluding carboxylic acids is 1. The van der Waals surface area contributed by atoms with E-state index in [-0.39, 0.29) is 12.4 Å². The van der Waals surface area contributed by atoms with E-state index in [0.29, 0.717) is 17.9 Å². The second kappa shape index (κ2) is 5.67. The smallest absolute Gasteiger partial charge is 0.191 e. The first-order valence-corrected chi connectivity index (χ1v) is 7.18. The van der Waals surface area contributed by atoms with Gasteiger partial charge in [-0.2, -0.15) is 0 Å². The summed E-state index contributed by atoms with van der Waals surface area (Å²) in [5, 5.41) is 0. The molecule has 0 amide bonds. The van der Waals surface area contributed by atoms with Gasteiger partial charge in [0, 0.05) is 10.9 Å². The predicted octanol–water partition coefficient (Wildman–Crippen LogP) is 3.40. The number of fused-ring (bicyclic) bond motifs is 1. The summed E-state index contributed by atoms with van der Waals surface area (Å²) < 4.78 is 12.2. The summed E-state index contributed by atoms with van der Waals surface area (Å²) in [7, 11) is 0. The molecule has 1 aliphatic heterocycles. The number of benzene rings is 2. The van der Waals surface area contributed by atoms with Crippen LogP contribution in [0, 0.1) is 0 Å². The number of hydrogen-bond donors (Lipinski definition) is 0. The van der Waals surface area contributed by atoms with Crippen LogP contribution in [0.5, 0.6) is 11.5 Å². The van der Waals surface area contributed by atoms with E-state index in [2.05, 4.69) is 15.9 Å². The Kier molecular flexibility index (Phi) is 3.74. The molecule has 102 valence electrons. The molecule has 1 heterocycles. The summed E-state index contributed by atoms with van der Waals surface area (Å²) in [6.07, 6.45) is -0.213. The van der Waals surface area contributed by atoms with E-state index in [0.717, 1.165) is 10.0 Å². The molecule has 1 aliphatic rings. The van der Waals surface area contributed by atoms with Gasteiger partial charge < -0.3 is 9.47 Å². The van der Waals surface area contributed by atoms with Crippen LogP contribution >= 0.6 is 15.9 Å². The van der Waals surface area contributed by atoms with Crippen molar-refractivity contribution in [3.05, 3.63) is 58.6 Å². The maximum absolute atomic E-state index is 12.3. The summed E-state index contributed by atoms with van der Waals surface area (Å²) >= 11 is 3.45. The minimum absolute atomic E-state index is 0.0198. The maximum atomic E-state index is 12.3. The fourth-order valence-electron chi connectivity index (χ4n) is 2.12. The monoisotopic (exact) mass is 332 g/mol. The normalized spacial score (nSPS) is 16.8. The van der Waals surface area contributed by atoms with Gasteiger partial charge in [0.15, 0.2) is 23.4 Å². The van der Waals surface area contributed by atoms with E-state index in [4.69, 9.17) is 9.47 Å². The molecule has 0 aromatic heterocycles. The molecule has 0 saturated heterocycles. The number of hydrogen-bond acceptors (Lipinski definition) is 3. The molecule has 0 spiro atoms. The predicted molar refractivity (Wildman–Crippen MR) is 79.2 cm³/mol. The van der Waals surface area contributed by atoms with Gasteiger partial charge in [-0.1, -0.05) is 46.3 Å². The van der Waals surface area contributed by atoms with Crippen molar-refractivity contribution in [2.75, 3.05) is 6.61 Å². The van der Waals surface area contributed by atoms with Crippen molar-refractivity contribution in [1.82, 2.24) is 0 Å². The molecule has 2 aromatic carbocycles. The first-order valence-electron chi connectivity index (χ1n) is 6.38. The summed E-state index contributed by atoms with van der Waals surface area (Å²) in [5.74, 6) is 1.34. The summed E-state index contributed by atoms with van der Waals surface area (Å²) in [4.78, 5) is 12.3. The van der Waals surface area contributed by atoms with E-state index in [1.54, 1.807) is 0 Å². The van der Waals surface area contributed by atoms with Crippen LogP contribution in [-0.2, 0) is 11.2 Å². The number of rotatable bonds is 3. The van der Waals surface area contributed by atoms with Gasteiger partial charge in [0.25, 0.3) is 0 Å². The Morgan fingerprint density at radius 1 is 1.10 bits per heavy atom. The lowest BCUT2D eigenvalue weighted by molar-refractivity contribution is -0.127. The van der Waals surface area contributed by atoms with Gasteiger partial charge in [-0.3, -0.25) is 4.79 Å². The highest BCUT2D eigenvalue weighted by atomic mass is 79.9. The molecule has 1 unspecified atom stereocenters. The number of ether oxygens (including phenoxy) is 2. The van der Waals surface area contributed by atoms with Crippen molar-refractivity contribution in [3.63, 3.8) is 0 Å². The average Bonchev–Trinajstić information content (AvgIpc) is 2.49. The van der Waals surface area contributed by atoms with Gasteiger partial charge in [0.05, 0.1) is 0 Å². The SMILES string of the molecule is O=C(Cc1ccccc1Br)C1COc2ccccc2O1. The zero-order chi connectivity index (χ0) is 13.9. The van der Waals surface area contributed by atoms with Crippen LogP contribution < -0.4 is 9.47 Å². The Bertz CT molecular complexity index is 639. The van der Waals surface area contributed by atoms with Gasteiger partial charge >= 0.3 is 0 Å². The zero-order valence-electron chi connectivity index (χ0n) is 10.7. The summed E-state index contributed by atoms with van der Waals surface area (Å²) in [6.45, 7) is 0.264. The molecule has 0 aliphatic carbocycles. The molecule has 3 nitrogen and oxygen atoms in total. The largest absolute Gasteiger partial charge is 0.485 e. The number of para-hydroxylation sites is 2. The van der Waals surface area contributed by atoms with Gasteiger partial charge in [-0.05, 0) is 23.8 Å². The fraction of sp³-hybridized carbons (Fsp3) is 0.188. The lowest BCUT2D eigenvalue weighted by Gasteiger charge is -2.25. The van der Waals surface area contributed by atoms with Gasteiger partial charge in [0.2, 0.25) is 0 Å². The maximum Gasteiger partial charge on any atom is 0.191 e. The van der Waals surface area contributed by atoms with Crippen LogP contribution in [0.25, 0.3) is 0 Å². The molecule has 0 radical (unpaired) electrons. The lowest BCUT2D eigenvalue weighted by Crippen LogP contribution is -2.37. The Morgan fingerprint density at radius 2 is 1.80 bits per heavy atom. The topological polar surface area (TPSA) is 35.5 Å². The highest BCUT2D eigenvalue weighted by Gasteiger charge is 2.27. The van der Waals surface area contributed by atoms with Crippen LogP contribution in [0.3, 0.4) is 0 Å². The molecular formula is C16H13BrO3. The van der Waals surface area contributed by atoms with Gasteiger partial charge in [-0.15, -0.1) is 0 Å². The molecule has 1 atom stereocenters. The first-order chi connectivity index (χ1) is 9.74. The molecule has 4 heteroatoms. The third-order valence-electron chi connectivity index (χ3n) is 3.19. The number of Topliss-reactive ketones (excluding diaryl/α,β-unsaturated/α-hetero) is 1. The fourth-order valence-corrected chi connectivity index (χ4v) is 2.55. The Balaban J connectivity index is 1.72. The van der Waals surface area contributed by atoms with E-state index in [1.807, 2.05) is 48.5 Å². The molecule has 0 fully saturated rings. The Morgan fingerprint density at radius 3 is 2.60 bits per heavy atom. The Labute approximate surface area is 125 Å². The van der Waals surface area contributed by atoms with Gasteiger partial charge in [0.1, 0.15) is 6.61 Å². The molecule has 2 aromatic rings. The molecule has 3 rings (SSSR count). The van der Waals surface area contributed by atoms with Gasteiger partial charge in [-0.25, -0.2) is 0 Å². The van der Waals surface area contributed by atoms with Crippen LogP contribution in [0.2, 0.25) is 0 Å². The molecule has 0 bridgehead atoms. The van der Waals surface area contributed by atoms with E-state index < -0.39 is 6.10 Å². The standard InChI is InChI=1S/C16H13BrO3/c17-12-6-2-1-5-11(12)9-13(18)16-10-19-14-7-3-4-8-15(14)20-16/h1-8,16H,9-10H2. The second-order valence-electron chi connectivity index (χ2n) is 4.60.